The zero-order valence-electron chi connectivity index (χ0n) is 12.3. The van der Waals surface area contributed by atoms with Crippen LogP contribution in [-0.2, 0) is 14.4 Å². The van der Waals surface area contributed by atoms with Crippen LogP contribution >= 0.6 is 0 Å². The van der Waals surface area contributed by atoms with Crippen LogP contribution in [0.4, 0.5) is 0 Å². The molecule has 120 valence electrons. The number of carbonyl (C=O) groups is 3. The average Bonchev–Trinajstić information content (AvgIpc) is 2.42. The smallest absolute Gasteiger partial charge is 0.317 e. The first-order valence-electron chi connectivity index (χ1n) is 6.97. The van der Waals surface area contributed by atoms with Crippen LogP contribution in [0.5, 0.6) is 0 Å². The highest BCUT2D eigenvalue weighted by Gasteiger charge is 2.19. The lowest BCUT2D eigenvalue weighted by Crippen LogP contribution is -2.40. The maximum Gasteiger partial charge on any atom is 0.317 e. The summed E-state index contributed by atoms with van der Waals surface area (Å²) in [4.78, 5) is 38.5. The Morgan fingerprint density at radius 1 is 0.714 bits per heavy atom. The van der Waals surface area contributed by atoms with E-state index in [0.717, 1.165) is 0 Å². The minimum absolute atomic E-state index is 0.0452. The normalized spacial score (nSPS) is 19.5. The summed E-state index contributed by atoms with van der Waals surface area (Å²) in [5.74, 6) is -1.77. The van der Waals surface area contributed by atoms with E-state index in [1.807, 2.05) is 4.90 Å². The van der Waals surface area contributed by atoms with Gasteiger partial charge in [-0.25, -0.2) is 0 Å². The summed E-state index contributed by atoms with van der Waals surface area (Å²) < 4.78 is 0. The van der Waals surface area contributed by atoms with E-state index in [1.165, 1.54) is 6.92 Å². The fraction of sp³-hybridized carbons (Fsp3) is 0.769. The van der Waals surface area contributed by atoms with E-state index in [2.05, 4.69) is 0 Å². The van der Waals surface area contributed by atoms with E-state index in [-0.39, 0.29) is 18.9 Å². The Kier molecular flexibility index (Phi) is 7.27. The zero-order valence-corrected chi connectivity index (χ0v) is 12.3. The van der Waals surface area contributed by atoms with Crippen LogP contribution in [0.1, 0.15) is 6.92 Å². The predicted molar refractivity (Wildman–Crippen MR) is 75.3 cm³/mol. The average molecular weight is 301 g/mol. The summed E-state index contributed by atoms with van der Waals surface area (Å²) in [5.41, 5.74) is 0. The molecule has 1 saturated heterocycles. The molecule has 21 heavy (non-hydrogen) atoms. The lowest BCUT2D eigenvalue weighted by Gasteiger charge is -2.23. The molecule has 1 rings (SSSR count). The van der Waals surface area contributed by atoms with Crippen LogP contribution in [0.2, 0.25) is 0 Å². The second-order valence-electron chi connectivity index (χ2n) is 5.32. The van der Waals surface area contributed by atoms with Crippen LogP contribution in [0.3, 0.4) is 0 Å². The number of carboxylic acid groups (broad SMARTS) is 2. The SMILES string of the molecule is CC(=O)CN1CCN(CC(=O)O)CCN(CC(=O)O)CC1. The van der Waals surface area contributed by atoms with E-state index in [4.69, 9.17) is 10.2 Å². The third kappa shape index (κ3) is 7.74. The van der Waals surface area contributed by atoms with Crippen molar-refractivity contribution in [3.63, 3.8) is 0 Å². The molecule has 0 saturated carbocycles. The van der Waals surface area contributed by atoms with Gasteiger partial charge in [-0.05, 0) is 6.92 Å². The monoisotopic (exact) mass is 301 g/mol. The Hall–Kier alpha value is -1.51. The number of ketones is 1. The highest BCUT2D eigenvalue weighted by molar-refractivity contribution is 5.77. The lowest BCUT2D eigenvalue weighted by molar-refractivity contribution is -0.140. The van der Waals surface area contributed by atoms with Gasteiger partial charge in [-0.15, -0.1) is 0 Å². The van der Waals surface area contributed by atoms with Gasteiger partial charge in [0, 0.05) is 39.3 Å². The van der Waals surface area contributed by atoms with Crippen molar-refractivity contribution < 1.29 is 24.6 Å². The molecule has 8 nitrogen and oxygen atoms in total. The van der Waals surface area contributed by atoms with Crippen molar-refractivity contribution in [2.24, 2.45) is 0 Å². The van der Waals surface area contributed by atoms with Gasteiger partial charge >= 0.3 is 11.9 Å². The summed E-state index contributed by atoms with van der Waals surface area (Å²) in [5, 5.41) is 17.8. The Labute approximate surface area is 123 Å². The van der Waals surface area contributed by atoms with E-state index in [0.29, 0.717) is 45.8 Å². The van der Waals surface area contributed by atoms with Gasteiger partial charge in [0.25, 0.3) is 0 Å². The Bertz CT molecular complexity index is 319. The molecular formula is C13H23N3O5. The molecule has 0 amide bonds. The van der Waals surface area contributed by atoms with Gasteiger partial charge in [-0.1, -0.05) is 0 Å². The fourth-order valence-electron chi connectivity index (χ4n) is 2.36. The van der Waals surface area contributed by atoms with Crippen molar-refractivity contribution in [3.05, 3.63) is 0 Å². The lowest BCUT2D eigenvalue weighted by atomic mass is 10.3. The van der Waals surface area contributed by atoms with Crippen molar-refractivity contribution in [1.29, 1.82) is 0 Å². The molecule has 0 aromatic heterocycles. The number of hydrogen-bond acceptors (Lipinski definition) is 6. The fourth-order valence-corrected chi connectivity index (χ4v) is 2.36. The number of hydrogen-bond donors (Lipinski definition) is 2. The minimum atomic E-state index is -0.905. The predicted octanol–water partition coefficient (Wildman–Crippen LogP) is -1.34. The molecule has 0 atom stereocenters. The van der Waals surface area contributed by atoms with Gasteiger partial charge < -0.3 is 10.2 Å². The Morgan fingerprint density at radius 2 is 1.00 bits per heavy atom. The molecule has 0 bridgehead atoms. The van der Waals surface area contributed by atoms with E-state index in [1.54, 1.807) is 9.80 Å². The Morgan fingerprint density at radius 3 is 1.24 bits per heavy atom. The number of nitrogens with zero attached hydrogens (tertiary/aromatic N) is 3. The van der Waals surface area contributed by atoms with Crippen molar-refractivity contribution in [1.82, 2.24) is 14.7 Å². The molecule has 1 fully saturated rings. The van der Waals surface area contributed by atoms with Gasteiger partial charge in [0.2, 0.25) is 0 Å². The molecule has 2 N–H and O–H groups in total. The summed E-state index contributed by atoms with van der Waals surface area (Å²) in [6, 6.07) is 0. The molecule has 8 heteroatoms. The number of aliphatic carboxylic acids is 2. The molecule has 1 aliphatic heterocycles. The summed E-state index contributed by atoms with van der Waals surface area (Å²) >= 11 is 0. The van der Waals surface area contributed by atoms with Crippen molar-refractivity contribution in [3.8, 4) is 0 Å². The quantitative estimate of drug-likeness (QED) is 0.622. The first kappa shape index (κ1) is 17.5. The van der Waals surface area contributed by atoms with Crippen molar-refractivity contribution in [2.45, 2.75) is 6.92 Å². The van der Waals surface area contributed by atoms with Gasteiger partial charge in [-0.3, -0.25) is 29.1 Å². The third-order valence-electron chi connectivity index (χ3n) is 3.36. The molecule has 0 radical (unpaired) electrons. The van der Waals surface area contributed by atoms with Gasteiger partial charge in [0.15, 0.2) is 0 Å². The van der Waals surface area contributed by atoms with Crippen LogP contribution < -0.4 is 0 Å². The molecule has 0 unspecified atom stereocenters. The minimum Gasteiger partial charge on any atom is -0.480 e. The maximum atomic E-state index is 11.3. The van der Waals surface area contributed by atoms with Crippen molar-refractivity contribution in [2.75, 3.05) is 58.9 Å². The highest BCUT2D eigenvalue weighted by atomic mass is 16.4. The molecule has 1 aliphatic rings. The molecule has 0 aliphatic carbocycles. The standard InChI is InChI=1S/C13H23N3O5/c1-11(17)8-14-2-4-15(9-12(18)19)6-7-16(5-3-14)10-13(20)21/h2-10H2,1H3,(H,18,19)(H,20,21). The Balaban J connectivity index is 2.68. The van der Waals surface area contributed by atoms with Crippen LogP contribution in [0.15, 0.2) is 0 Å². The van der Waals surface area contributed by atoms with Gasteiger partial charge in [0.1, 0.15) is 5.78 Å². The third-order valence-corrected chi connectivity index (χ3v) is 3.36. The van der Waals surface area contributed by atoms with Gasteiger partial charge in [-0.2, -0.15) is 0 Å². The van der Waals surface area contributed by atoms with Crippen molar-refractivity contribution >= 4 is 17.7 Å². The van der Waals surface area contributed by atoms with Crippen LogP contribution in [-0.4, -0.2) is 102 Å². The highest BCUT2D eigenvalue weighted by Crippen LogP contribution is 2.01. The second-order valence-corrected chi connectivity index (χ2v) is 5.32. The number of carboxylic acids is 2. The van der Waals surface area contributed by atoms with Gasteiger partial charge in [0.05, 0.1) is 19.6 Å². The molecule has 0 aromatic carbocycles. The summed E-state index contributed by atoms with van der Waals surface area (Å²) in [7, 11) is 0. The molecule has 1 heterocycles. The molecule has 0 aromatic rings. The van der Waals surface area contributed by atoms with E-state index >= 15 is 0 Å². The molecule has 0 spiro atoms. The summed E-state index contributed by atoms with van der Waals surface area (Å²) in [6.07, 6.45) is 0. The van der Waals surface area contributed by atoms with Crippen LogP contribution in [0, 0.1) is 0 Å². The zero-order chi connectivity index (χ0) is 15.8. The summed E-state index contributed by atoms with van der Waals surface area (Å²) in [6.45, 7) is 5.01. The first-order chi connectivity index (χ1) is 9.86. The number of carbonyl (C=O) groups excluding carboxylic acids is 1. The van der Waals surface area contributed by atoms with E-state index < -0.39 is 11.9 Å². The number of rotatable bonds is 6. The number of Topliss-reactive ketones (excluding diaryl/α,β-unsaturated/α-hetero) is 1. The second kappa shape index (κ2) is 8.71. The van der Waals surface area contributed by atoms with E-state index in [9.17, 15) is 14.4 Å². The maximum absolute atomic E-state index is 11.3. The first-order valence-corrected chi connectivity index (χ1v) is 6.97. The van der Waals surface area contributed by atoms with Crippen LogP contribution in [0.25, 0.3) is 0 Å². The largest absolute Gasteiger partial charge is 0.480 e. The molecular weight excluding hydrogens is 278 g/mol. The topological polar surface area (TPSA) is 101 Å².